The summed E-state index contributed by atoms with van der Waals surface area (Å²) in [7, 11) is 0. The molecule has 0 aromatic heterocycles. The smallest absolute Gasteiger partial charge is 0.305 e. The van der Waals surface area contributed by atoms with Crippen LogP contribution in [0, 0.1) is 0 Å². The fourth-order valence-electron chi connectivity index (χ4n) is 9.46. The molecule has 0 aliphatic rings. The molecule has 0 heterocycles. The zero-order valence-electron chi connectivity index (χ0n) is 44.7. The Morgan fingerprint density at radius 3 is 1.09 bits per heavy atom. The maximum Gasteiger partial charge on any atom is 0.305 e. The topological polar surface area (TPSA) is 95.9 Å². The van der Waals surface area contributed by atoms with Crippen molar-refractivity contribution in [2.75, 3.05) is 13.2 Å². The lowest BCUT2D eigenvalue weighted by atomic mass is 10.0. The number of carbonyl (C=O) groups is 2. The molecule has 6 nitrogen and oxygen atoms in total. The summed E-state index contributed by atoms with van der Waals surface area (Å²) >= 11 is 0. The van der Waals surface area contributed by atoms with Crippen LogP contribution in [0.15, 0.2) is 12.2 Å². The van der Waals surface area contributed by atoms with E-state index in [1.807, 2.05) is 0 Å². The van der Waals surface area contributed by atoms with Crippen molar-refractivity contribution in [2.45, 2.75) is 347 Å². The van der Waals surface area contributed by atoms with Crippen LogP contribution in [-0.2, 0) is 14.3 Å². The molecular weight excluding hydrogens is 815 g/mol. The number of ether oxygens (including phenoxy) is 1. The van der Waals surface area contributed by atoms with E-state index >= 15 is 0 Å². The Bertz CT molecular complexity index is 986. The molecule has 0 aromatic rings. The Kier molecular flexibility index (Phi) is 55.0. The number of allylic oxidation sites excluding steroid dienone is 2. The highest BCUT2D eigenvalue weighted by atomic mass is 16.5. The number of aliphatic hydroxyl groups excluding tert-OH is 2. The second kappa shape index (κ2) is 56.2. The minimum atomic E-state index is -0.672. The number of hydrogen-bond acceptors (Lipinski definition) is 5. The van der Waals surface area contributed by atoms with Crippen LogP contribution in [-0.4, -0.2) is 47.4 Å². The van der Waals surface area contributed by atoms with E-state index < -0.39 is 12.1 Å². The van der Waals surface area contributed by atoms with E-state index in [-0.39, 0.29) is 18.5 Å². The first-order valence-electron chi connectivity index (χ1n) is 29.9. The molecule has 0 aliphatic heterocycles. The summed E-state index contributed by atoms with van der Waals surface area (Å²) in [6.45, 7) is 4.94. The molecule has 0 saturated carbocycles. The second-order valence-corrected chi connectivity index (χ2v) is 20.7. The average molecular weight is 933 g/mol. The number of esters is 1. The number of aliphatic hydroxyl groups is 2. The van der Waals surface area contributed by atoms with Crippen molar-refractivity contribution in [1.29, 1.82) is 0 Å². The van der Waals surface area contributed by atoms with Gasteiger partial charge in [0, 0.05) is 12.8 Å². The van der Waals surface area contributed by atoms with Crippen molar-refractivity contribution in [3.05, 3.63) is 12.2 Å². The summed E-state index contributed by atoms with van der Waals surface area (Å²) in [5.74, 6) is -0.0524. The zero-order valence-corrected chi connectivity index (χ0v) is 44.7. The van der Waals surface area contributed by atoms with Gasteiger partial charge in [-0.2, -0.15) is 0 Å². The third kappa shape index (κ3) is 52.0. The predicted octanol–water partition coefficient (Wildman–Crippen LogP) is 18.5. The van der Waals surface area contributed by atoms with Gasteiger partial charge in [-0.3, -0.25) is 9.59 Å². The van der Waals surface area contributed by atoms with Crippen LogP contribution in [0.4, 0.5) is 0 Å². The summed E-state index contributed by atoms with van der Waals surface area (Å²) in [4.78, 5) is 24.5. The molecular formula is C60H117NO5. The molecule has 392 valence electrons. The lowest BCUT2D eigenvalue weighted by Gasteiger charge is -2.22. The van der Waals surface area contributed by atoms with Crippen LogP contribution >= 0.6 is 0 Å². The van der Waals surface area contributed by atoms with Crippen LogP contribution in [0.5, 0.6) is 0 Å². The molecule has 2 unspecified atom stereocenters. The summed E-state index contributed by atoms with van der Waals surface area (Å²) in [6, 6.07) is -0.550. The average Bonchev–Trinajstić information content (AvgIpc) is 3.32. The first-order chi connectivity index (χ1) is 32.5. The summed E-state index contributed by atoms with van der Waals surface area (Å²) in [6.07, 6.45) is 66.3. The summed E-state index contributed by atoms with van der Waals surface area (Å²) < 4.78 is 5.46. The van der Waals surface area contributed by atoms with Gasteiger partial charge >= 0.3 is 5.97 Å². The zero-order chi connectivity index (χ0) is 47.9. The van der Waals surface area contributed by atoms with Gasteiger partial charge in [-0.25, -0.2) is 0 Å². The van der Waals surface area contributed by atoms with Gasteiger partial charge in [-0.15, -0.1) is 0 Å². The van der Waals surface area contributed by atoms with Crippen molar-refractivity contribution in [1.82, 2.24) is 5.32 Å². The highest BCUT2D eigenvalue weighted by Gasteiger charge is 2.20. The highest BCUT2D eigenvalue weighted by Crippen LogP contribution is 2.18. The Balaban J connectivity index is 3.44. The van der Waals surface area contributed by atoms with Crippen molar-refractivity contribution >= 4 is 11.9 Å². The molecule has 0 fully saturated rings. The number of rotatable bonds is 56. The number of hydrogen-bond donors (Lipinski definition) is 3. The van der Waals surface area contributed by atoms with E-state index in [0.29, 0.717) is 25.9 Å². The molecule has 0 aliphatic carbocycles. The largest absolute Gasteiger partial charge is 0.466 e. The van der Waals surface area contributed by atoms with Gasteiger partial charge in [0.1, 0.15) is 0 Å². The molecule has 2 atom stereocenters. The molecule has 3 N–H and O–H groups in total. The first-order valence-corrected chi connectivity index (χ1v) is 29.9. The Hall–Kier alpha value is -1.40. The molecule has 0 spiro atoms. The number of nitrogens with one attached hydrogen (secondary N) is 1. The molecule has 0 bridgehead atoms. The van der Waals surface area contributed by atoms with Crippen molar-refractivity contribution in [2.24, 2.45) is 0 Å². The van der Waals surface area contributed by atoms with E-state index in [4.69, 9.17) is 4.74 Å². The predicted molar refractivity (Wildman–Crippen MR) is 287 cm³/mol. The van der Waals surface area contributed by atoms with E-state index in [0.717, 1.165) is 51.4 Å². The van der Waals surface area contributed by atoms with Gasteiger partial charge in [0.2, 0.25) is 5.91 Å². The SMILES string of the molecule is CCCCCC/C=C\CCCCCCCC(=O)OCCCCCCCCCCCCCCCCC(=O)NC(CO)C(O)CCCCCCCCCCCCCCCCCCCCCCCC. The number of amides is 1. The quantitative estimate of drug-likeness (QED) is 0.0321. The third-order valence-electron chi connectivity index (χ3n) is 14.1. The molecule has 6 heteroatoms. The van der Waals surface area contributed by atoms with E-state index in [1.165, 1.54) is 250 Å². The summed E-state index contributed by atoms with van der Waals surface area (Å²) in [5, 5.41) is 23.4. The highest BCUT2D eigenvalue weighted by molar-refractivity contribution is 5.76. The normalized spacial score (nSPS) is 12.6. The number of carbonyl (C=O) groups excluding carboxylic acids is 2. The van der Waals surface area contributed by atoms with Crippen LogP contribution in [0.2, 0.25) is 0 Å². The maximum absolute atomic E-state index is 12.5. The fourth-order valence-corrected chi connectivity index (χ4v) is 9.46. The lowest BCUT2D eigenvalue weighted by molar-refractivity contribution is -0.143. The first kappa shape index (κ1) is 64.6. The van der Waals surface area contributed by atoms with Gasteiger partial charge in [0.15, 0.2) is 0 Å². The molecule has 66 heavy (non-hydrogen) atoms. The minimum Gasteiger partial charge on any atom is -0.466 e. The van der Waals surface area contributed by atoms with Gasteiger partial charge in [0.25, 0.3) is 0 Å². The monoisotopic (exact) mass is 932 g/mol. The van der Waals surface area contributed by atoms with Crippen molar-refractivity contribution < 1.29 is 24.5 Å². The van der Waals surface area contributed by atoms with Gasteiger partial charge < -0.3 is 20.3 Å². The lowest BCUT2D eigenvalue weighted by Crippen LogP contribution is -2.45. The van der Waals surface area contributed by atoms with Crippen LogP contribution in [0.1, 0.15) is 335 Å². The standard InChI is InChI=1S/C60H117NO5/c1-3-5-7-9-11-13-15-17-18-19-20-21-22-23-24-25-29-32-36-40-44-48-52-58(63)57(56-62)61-59(64)53-49-45-41-37-33-30-26-27-31-35-39-43-47-51-55-66-60(65)54-50-46-42-38-34-28-16-14-12-10-8-6-4-2/h14,16,57-58,62-63H,3-13,15,17-56H2,1-2H3,(H,61,64)/b16-14-. The third-order valence-corrected chi connectivity index (χ3v) is 14.1. The van der Waals surface area contributed by atoms with Crippen LogP contribution in [0.3, 0.4) is 0 Å². The number of unbranched alkanes of at least 4 members (excludes halogenated alkanes) is 43. The Labute approximate surface area is 412 Å². The van der Waals surface area contributed by atoms with Crippen LogP contribution in [0.25, 0.3) is 0 Å². The van der Waals surface area contributed by atoms with Gasteiger partial charge in [0.05, 0.1) is 25.4 Å². The van der Waals surface area contributed by atoms with E-state index in [9.17, 15) is 19.8 Å². The molecule has 0 radical (unpaired) electrons. The molecule has 0 saturated heterocycles. The van der Waals surface area contributed by atoms with Crippen molar-refractivity contribution in [3.63, 3.8) is 0 Å². The molecule has 1 amide bonds. The Morgan fingerprint density at radius 2 is 0.712 bits per heavy atom. The minimum absolute atomic E-state index is 0.0103. The Morgan fingerprint density at radius 1 is 0.409 bits per heavy atom. The van der Waals surface area contributed by atoms with E-state index in [1.54, 1.807) is 0 Å². The van der Waals surface area contributed by atoms with Gasteiger partial charge in [-0.1, -0.05) is 283 Å². The van der Waals surface area contributed by atoms with Crippen LogP contribution < -0.4 is 5.32 Å². The summed E-state index contributed by atoms with van der Waals surface area (Å²) in [5.41, 5.74) is 0. The molecule has 0 rings (SSSR count). The van der Waals surface area contributed by atoms with Crippen molar-refractivity contribution in [3.8, 4) is 0 Å². The molecule has 0 aromatic carbocycles. The van der Waals surface area contributed by atoms with Gasteiger partial charge in [-0.05, 0) is 51.4 Å². The fraction of sp³-hybridized carbons (Fsp3) is 0.933. The maximum atomic E-state index is 12.5. The second-order valence-electron chi connectivity index (χ2n) is 20.7. The van der Waals surface area contributed by atoms with E-state index in [2.05, 4.69) is 31.3 Å².